The molecule has 0 fully saturated rings. The average Bonchev–Trinajstić information content (AvgIpc) is 3.15. The maximum atomic E-state index is 12.2. The lowest BCUT2D eigenvalue weighted by atomic mass is 10.2. The molecule has 9 nitrogen and oxygen atoms in total. The Kier molecular flexibility index (Phi) is 7.76. The topological polar surface area (TPSA) is 112 Å². The van der Waals surface area contributed by atoms with Crippen molar-refractivity contribution in [2.45, 2.75) is 39.8 Å². The van der Waals surface area contributed by atoms with Crippen LogP contribution in [0.15, 0.2) is 36.5 Å². The third-order valence-corrected chi connectivity index (χ3v) is 3.91. The van der Waals surface area contributed by atoms with E-state index in [9.17, 15) is 14.4 Å². The van der Waals surface area contributed by atoms with Crippen LogP contribution in [-0.4, -0.2) is 46.8 Å². The van der Waals surface area contributed by atoms with Crippen molar-refractivity contribution in [2.75, 3.05) is 18.5 Å². The molecule has 2 N–H and O–H groups in total. The van der Waals surface area contributed by atoms with Crippen LogP contribution < -0.4 is 15.4 Å². The van der Waals surface area contributed by atoms with E-state index in [0.29, 0.717) is 23.7 Å². The number of benzene rings is 1. The van der Waals surface area contributed by atoms with Crippen LogP contribution in [0.1, 0.15) is 44.1 Å². The normalized spacial score (nSPS) is 11.6. The summed E-state index contributed by atoms with van der Waals surface area (Å²) in [6.45, 7) is 7.36. The molecule has 1 aromatic carbocycles. The van der Waals surface area contributed by atoms with Gasteiger partial charge in [0.2, 0.25) is 0 Å². The predicted octanol–water partition coefficient (Wildman–Crippen LogP) is 2.16. The highest BCUT2D eigenvalue weighted by atomic mass is 16.5. The molecule has 29 heavy (non-hydrogen) atoms. The molecule has 2 aromatic rings. The van der Waals surface area contributed by atoms with Gasteiger partial charge in [-0.15, -0.1) is 0 Å². The molecule has 0 unspecified atom stereocenters. The van der Waals surface area contributed by atoms with Crippen molar-refractivity contribution >= 4 is 23.6 Å². The number of amides is 2. The molecule has 0 aliphatic rings. The first-order valence-corrected chi connectivity index (χ1v) is 9.36. The van der Waals surface area contributed by atoms with Gasteiger partial charge in [0, 0.05) is 17.7 Å². The lowest BCUT2D eigenvalue weighted by Crippen LogP contribution is -2.36. The summed E-state index contributed by atoms with van der Waals surface area (Å²) in [5.41, 5.74) is 0.383. The van der Waals surface area contributed by atoms with Gasteiger partial charge in [0.15, 0.2) is 6.10 Å². The van der Waals surface area contributed by atoms with Crippen molar-refractivity contribution in [1.29, 1.82) is 0 Å². The van der Waals surface area contributed by atoms with Crippen LogP contribution >= 0.6 is 0 Å². The van der Waals surface area contributed by atoms with E-state index in [-0.39, 0.29) is 12.6 Å². The third-order valence-electron chi connectivity index (χ3n) is 3.91. The quantitative estimate of drug-likeness (QED) is 0.622. The molecule has 2 rings (SSSR count). The standard InChI is InChI=1S/C20H26N4O5/c1-5-28-16-8-6-15(7-9-16)20(27)21-12-18(25)29-14(4)19(26)23-17-10-11-22-24(17)13(2)3/h6-11,13-14H,5,12H2,1-4H3,(H,21,27)(H,23,26)/t14-/m1/s1. The Morgan fingerprint density at radius 1 is 1.10 bits per heavy atom. The molecule has 0 radical (unpaired) electrons. The van der Waals surface area contributed by atoms with E-state index in [4.69, 9.17) is 9.47 Å². The zero-order chi connectivity index (χ0) is 21.4. The molecule has 2 amide bonds. The molecular weight excluding hydrogens is 376 g/mol. The fourth-order valence-corrected chi connectivity index (χ4v) is 2.47. The van der Waals surface area contributed by atoms with Gasteiger partial charge in [0.25, 0.3) is 11.8 Å². The Bertz CT molecular complexity index is 845. The lowest BCUT2D eigenvalue weighted by molar-refractivity contribution is -0.152. The van der Waals surface area contributed by atoms with E-state index in [1.54, 1.807) is 41.2 Å². The minimum absolute atomic E-state index is 0.0657. The van der Waals surface area contributed by atoms with Crippen molar-refractivity contribution in [1.82, 2.24) is 15.1 Å². The lowest BCUT2D eigenvalue weighted by Gasteiger charge is -2.16. The Hall–Kier alpha value is -3.36. The van der Waals surface area contributed by atoms with Gasteiger partial charge in [-0.25, -0.2) is 4.68 Å². The second-order valence-corrected chi connectivity index (χ2v) is 6.52. The molecule has 0 aliphatic carbocycles. The summed E-state index contributed by atoms with van der Waals surface area (Å²) < 4.78 is 12.0. The number of ether oxygens (including phenoxy) is 2. The molecule has 0 bridgehead atoms. The number of nitrogens with zero attached hydrogens (tertiary/aromatic N) is 2. The van der Waals surface area contributed by atoms with Crippen molar-refractivity contribution < 1.29 is 23.9 Å². The maximum Gasteiger partial charge on any atom is 0.326 e. The monoisotopic (exact) mass is 402 g/mol. The summed E-state index contributed by atoms with van der Waals surface area (Å²) in [6.07, 6.45) is 0.545. The Morgan fingerprint density at radius 3 is 2.41 bits per heavy atom. The van der Waals surface area contributed by atoms with E-state index < -0.39 is 23.9 Å². The van der Waals surface area contributed by atoms with Gasteiger partial charge < -0.3 is 20.1 Å². The van der Waals surface area contributed by atoms with Crippen LogP contribution in [0.5, 0.6) is 5.75 Å². The van der Waals surface area contributed by atoms with Gasteiger partial charge in [-0.05, 0) is 52.0 Å². The largest absolute Gasteiger partial charge is 0.494 e. The number of anilines is 1. The Morgan fingerprint density at radius 2 is 1.79 bits per heavy atom. The van der Waals surface area contributed by atoms with Gasteiger partial charge in [-0.3, -0.25) is 14.4 Å². The summed E-state index contributed by atoms with van der Waals surface area (Å²) in [6, 6.07) is 8.26. The second-order valence-electron chi connectivity index (χ2n) is 6.52. The zero-order valence-corrected chi connectivity index (χ0v) is 17.0. The SMILES string of the molecule is CCOc1ccc(C(=O)NCC(=O)O[C@H](C)C(=O)Nc2ccnn2C(C)C)cc1. The zero-order valence-electron chi connectivity index (χ0n) is 17.0. The fourth-order valence-electron chi connectivity index (χ4n) is 2.47. The number of aromatic nitrogens is 2. The van der Waals surface area contributed by atoms with Crippen molar-refractivity contribution in [3.63, 3.8) is 0 Å². The van der Waals surface area contributed by atoms with Crippen molar-refractivity contribution in [2.24, 2.45) is 0 Å². The van der Waals surface area contributed by atoms with Crippen molar-refractivity contribution in [3.8, 4) is 5.75 Å². The third kappa shape index (κ3) is 6.34. The molecule has 0 saturated carbocycles. The number of rotatable bonds is 9. The number of nitrogens with one attached hydrogen (secondary N) is 2. The Balaban J connectivity index is 1.81. The van der Waals surface area contributed by atoms with Crippen LogP contribution in [0, 0.1) is 0 Å². The van der Waals surface area contributed by atoms with E-state index in [1.807, 2.05) is 20.8 Å². The van der Waals surface area contributed by atoms with Gasteiger partial charge in [-0.1, -0.05) is 0 Å². The smallest absolute Gasteiger partial charge is 0.326 e. The summed E-state index contributed by atoms with van der Waals surface area (Å²) >= 11 is 0. The van der Waals surface area contributed by atoms with E-state index in [0.717, 1.165) is 0 Å². The molecule has 0 spiro atoms. The van der Waals surface area contributed by atoms with E-state index in [2.05, 4.69) is 15.7 Å². The highest BCUT2D eigenvalue weighted by molar-refractivity contribution is 5.97. The summed E-state index contributed by atoms with van der Waals surface area (Å²) in [7, 11) is 0. The van der Waals surface area contributed by atoms with Gasteiger partial charge in [0.1, 0.15) is 18.1 Å². The summed E-state index contributed by atoms with van der Waals surface area (Å²) in [4.78, 5) is 36.3. The number of esters is 1. The Labute approximate surface area is 169 Å². The highest BCUT2D eigenvalue weighted by Crippen LogP contribution is 2.14. The number of hydrogen-bond donors (Lipinski definition) is 2. The minimum Gasteiger partial charge on any atom is -0.494 e. The molecule has 1 heterocycles. The maximum absolute atomic E-state index is 12.2. The molecule has 1 atom stereocenters. The number of hydrogen-bond acceptors (Lipinski definition) is 6. The van der Waals surface area contributed by atoms with Crippen LogP contribution in [-0.2, 0) is 14.3 Å². The minimum atomic E-state index is -1.03. The molecular formula is C20H26N4O5. The summed E-state index contributed by atoms with van der Waals surface area (Å²) in [5.74, 6) is -0.468. The van der Waals surface area contributed by atoms with Gasteiger partial charge in [-0.2, -0.15) is 5.10 Å². The molecule has 0 aliphatic heterocycles. The van der Waals surface area contributed by atoms with E-state index >= 15 is 0 Å². The number of carbonyl (C=O) groups excluding carboxylic acids is 3. The predicted molar refractivity (Wildman–Crippen MR) is 107 cm³/mol. The average molecular weight is 402 g/mol. The van der Waals surface area contributed by atoms with Gasteiger partial charge in [0.05, 0.1) is 12.8 Å². The first kappa shape index (κ1) is 21.9. The molecule has 156 valence electrons. The highest BCUT2D eigenvalue weighted by Gasteiger charge is 2.20. The van der Waals surface area contributed by atoms with Crippen LogP contribution in [0.25, 0.3) is 0 Å². The van der Waals surface area contributed by atoms with Gasteiger partial charge >= 0.3 is 5.97 Å². The van der Waals surface area contributed by atoms with E-state index in [1.165, 1.54) is 6.92 Å². The van der Waals surface area contributed by atoms with Crippen LogP contribution in [0.2, 0.25) is 0 Å². The number of carbonyl (C=O) groups is 3. The fraction of sp³-hybridized carbons (Fsp3) is 0.400. The van der Waals surface area contributed by atoms with Crippen molar-refractivity contribution in [3.05, 3.63) is 42.1 Å². The molecule has 1 aromatic heterocycles. The first-order valence-electron chi connectivity index (χ1n) is 9.36. The van der Waals surface area contributed by atoms with Crippen LogP contribution in [0.4, 0.5) is 5.82 Å². The summed E-state index contributed by atoms with van der Waals surface area (Å²) in [5, 5.41) is 9.25. The first-order chi connectivity index (χ1) is 13.8. The second kappa shape index (κ2) is 10.3. The van der Waals surface area contributed by atoms with Crippen LogP contribution in [0.3, 0.4) is 0 Å². The molecule has 9 heteroatoms. The molecule has 0 saturated heterocycles.